The smallest absolute Gasteiger partial charge is 0.231 e. The summed E-state index contributed by atoms with van der Waals surface area (Å²) in [7, 11) is 2.98. The summed E-state index contributed by atoms with van der Waals surface area (Å²) in [4.78, 5) is 13.3. The summed E-state index contributed by atoms with van der Waals surface area (Å²) in [5, 5.41) is 20.2. The molecule has 2 atom stereocenters. The number of ketones is 1. The van der Waals surface area contributed by atoms with Crippen molar-refractivity contribution in [2.24, 2.45) is 0 Å². The average molecular weight is 483 g/mol. The van der Waals surface area contributed by atoms with Crippen LogP contribution in [0.1, 0.15) is 46.3 Å². The summed E-state index contributed by atoms with van der Waals surface area (Å²) in [6.07, 6.45) is 0.717. The first kappa shape index (κ1) is 23.9. The predicted molar refractivity (Wildman–Crippen MR) is 128 cm³/mol. The molecule has 2 aromatic heterocycles. The quantitative estimate of drug-likeness (QED) is 0.411. The lowest BCUT2D eigenvalue weighted by molar-refractivity contribution is 0.0427. The van der Waals surface area contributed by atoms with Gasteiger partial charge in [0.1, 0.15) is 28.0 Å². The third-order valence-electron chi connectivity index (χ3n) is 5.50. The standard InChI is InChI=1S/C25H26N2O6S/c1-5-32-24(15-6-8-16(9-7-15)25-27-26-14(2)34-25)23(29)19-11-10-18(33-19)17-12-20(30-3)22(28)21(13-17)31-4/h6-12,21,24,28H,5,13H2,1-4H3. The fourth-order valence-corrected chi connectivity index (χ4v) is 4.45. The molecule has 0 fully saturated rings. The second-order valence-corrected chi connectivity index (χ2v) is 8.85. The number of furan rings is 1. The van der Waals surface area contributed by atoms with Crippen molar-refractivity contribution in [3.8, 4) is 10.6 Å². The van der Waals surface area contributed by atoms with E-state index < -0.39 is 12.2 Å². The second kappa shape index (κ2) is 10.3. The summed E-state index contributed by atoms with van der Waals surface area (Å²) in [5.74, 6) is 0.739. The van der Waals surface area contributed by atoms with E-state index in [-0.39, 0.29) is 17.3 Å². The lowest BCUT2D eigenvalue weighted by Gasteiger charge is -2.22. The van der Waals surface area contributed by atoms with Crippen LogP contribution in [-0.4, -0.2) is 48.0 Å². The van der Waals surface area contributed by atoms with Crippen LogP contribution in [0.4, 0.5) is 0 Å². The molecular weight excluding hydrogens is 456 g/mol. The maximum atomic E-state index is 13.3. The van der Waals surface area contributed by atoms with E-state index in [9.17, 15) is 9.90 Å². The molecule has 3 aromatic rings. The molecule has 0 aliphatic heterocycles. The summed E-state index contributed by atoms with van der Waals surface area (Å²) in [5.41, 5.74) is 2.41. The number of allylic oxidation sites excluding steroid dienone is 1. The van der Waals surface area contributed by atoms with Crippen LogP contribution in [0.2, 0.25) is 0 Å². The minimum atomic E-state index is -0.806. The number of Topliss-reactive ketones (excluding diaryl/α,β-unsaturated/α-hetero) is 1. The Morgan fingerprint density at radius 1 is 1.21 bits per heavy atom. The zero-order chi connectivity index (χ0) is 24.2. The molecule has 0 saturated heterocycles. The Labute approximate surface area is 201 Å². The first-order chi connectivity index (χ1) is 16.4. The number of rotatable bonds is 9. The molecular formula is C25H26N2O6S. The number of hydrogen-bond donors (Lipinski definition) is 1. The number of methoxy groups -OCH3 is 2. The molecule has 4 rings (SSSR count). The zero-order valence-electron chi connectivity index (χ0n) is 19.4. The van der Waals surface area contributed by atoms with Crippen LogP contribution in [0.25, 0.3) is 16.1 Å². The van der Waals surface area contributed by atoms with Gasteiger partial charge in [-0.25, -0.2) is 0 Å². The van der Waals surface area contributed by atoms with Gasteiger partial charge in [-0.1, -0.05) is 35.6 Å². The number of benzene rings is 1. The topological polar surface area (TPSA) is 104 Å². The molecule has 178 valence electrons. The van der Waals surface area contributed by atoms with Crippen LogP contribution >= 0.6 is 11.3 Å². The summed E-state index contributed by atoms with van der Waals surface area (Å²) >= 11 is 1.51. The van der Waals surface area contributed by atoms with E-state index in [4.69, 9.17) is 18.6 Å². The monoisotopic (exact) mass is 482 g/mol. The normalized spacial score (nSPS) is 16.9. The highest BCUT2D eigenvalue weighted by Gasteiger charge is 2.29. The molecule has 8 nitrogen and oxygen atoms in total. The van der Waals surface area contributed by atoms with Gasteiger partial charge in [-0.15, -0.1) is 10.2 Å². The Bertz CT molecular complexity index is 1220. The highest BCUT2D eigenvalue weighted by molar-refractivity contribution is 7.14. The fraction of sp³-hybridized carbons (Fsp3) is 0.320. The van der Waals surface area contributed by atoms with Crippen molar-refractivity contribution >= 4 is 22.7 Å². The minimum Gasteiger partial charge on any atom is -0.506 e. The lowest BCUT2D eigenvalue weighted by Crippen LogP contribution is -2.20. The van der Waals surface area contributed by atoms with Crippen molar-refractivity contribution in [1.29, 1.82) is 0 Å². The second-order valence-electron chi connectivity index (χ2n) is 7.66. The predicted octanol–water partition coefficient (Wildman–Crippen LogP) is 5.29. The van der Waals surface area contributed by atoms with E-state index in [2.05, 4.69) is 10.2 Å². The van der Waals surface area contributed by atoms with Crippen LogP contribution in [0, 0.1) is 6.92 Å². The van der Waals surface area contributed by atoms with E-state index in [1.54, 1.807) is 18.2 Å². The van der Waals surface area contributed by atoms with Crippen molar-refractivity contribution in [3.05, 3.63) is 76.1 Å². The maximum absolute atomic E-state index is 13.3. The molecule has 0 saturated carbocycles. The number of aliphatic hydroxyl groups is 1. The molecule has 0 spiro atoms. The van der Waals surface area contributed by atoms with Gasteiger partial charge in [-0.3, -0.25) is 4.79 Å². The first-order valence-corrected chi connectivity index (χ1v) is 11.6. The first-order valence-electron chi connectivity index (χ1n) is 10.8. The van der Waals surface area contributed by atoms with Gasteiger partial charge >= 0.3 is 0 Å². The number of aromatic nitrogens is 2. The Hall–Kier alpha value is -3.27. The molecule has 0 radical (unpaired) electrons. The van der Waals surface area contributed by atoms with Crippen molar-refractivity contribution in [1.82, 2.24) is 10.2 Å². The number of aryl methyl sites for hydroxylation is 1. The van der Waals surface area contributed by atoms with Crippen LogP contribution in [0.15, 0.2) is 58.4 Å². The molecule has 1 aromatic carbocycles. The summed E-state index contributed by atoms with van der Waals surface area (Å²) in [6.45, 7) is 4.11. The van der Waals surface area contributed by atoms with Gasteiger partial charge < -0.3 is 23.7 Å². The molecule has 2 heterocycles. The van der Waals surface area contributed by atoms with Gasteiger partial charge in [0.15, 0.2) is 17.3 Å². The molecule has 9 heteroatoms. The van der Waals surface area contributed by atoms with E-state index in [0.29, 0.717) is 24.5 Å². The summed E-state index contributed by atoms with van der Waals surface area (Å²) in [6, 6.07) is 10.9. The van der Waals surface area contributed by atoms with Crippen molar-refractivity contribution in [3.63, 3.8) is 0 Å². The number of aliphatic hydroxyl groups excluding tert-OH is 1. The van der Waals surface area contributed by atoms with E-state index in [0.717, 1.165) is 26.7 Å². The van der Waals surface area contributed by atoms with Crippen molar-refractivity contribution in [2.75, 3.05) is 20.8 Å². The van der Waals surface area contributed by atoms with Gasteiger partial charge in [0.25, 0.3) is 0 Å². The Morgan fingerprint density at radius 3 is 2.59 bits per heavy atom. The van der Waals surface area contributed by atoms with Gasteiger partial charge in [0.05, 0.1) is 7.11 Å². The number of nitrogens with zero attached hydrogens (tertiary/aromatic N) is 2. The molecule has 0 bridgehead atoms. The summed E-state index contributed by atoms with van der Waals surface area (Å²) < 4.78 is 22.3. The number of carbonyl (C=O) groups is 1. The largest absolute Gasteiger partial charge is 0.506 e. The maximum Gasteiger partial charge on any atom is 0.231 e. The number of carbonyl (C=O) groups excluding carboxylic acids is 1. The Morgan fingerprint density at radius 2 is 1.97 bits per heavy atom. The highest BCUT2D eigenvalue weighted by Crippen LogP contribution is 2.34. The third-order valence-corrected chi connectivity index (χ3v) is 6.38. The van der Waals surface area contributed by atoms with Gasteiger partial charge in [0, 0.05) is 31.3 Å². The minimum absolute atomic E-state index is 0.0279. The molecule has 1 N–H and O–H groups in total. The Balaban J connectivity index is 1.58. The SMILES string of the molecule is CCOC(C(=O)c1ccc(C2=CC(OC)=C(O)C(OC)C2)o1)c1ccc(-c2nnc(C)s2)cc1. The van der Waals surface area contributed by atoms with Gasteiger partial charge in [-0.2, -0.15) is 0 Å². The third kappa shape index (κ3) is 4.82. The van der Waals surface area contributed by atoms with Crippen LogP contribution in [0.5, 0.6) is 0 Å². The highest BCUT2D eigenvalue weighted by atomic mass is 32.1. The van der Waals surface area contributed by atoms with Crippen molar-refractivity contribution < 1.29 is 28.5 Å². The molecule has 2 unspecified atom stereocenters. The van der Waals surface area contributed by atoms with E-state index >= 15 is 0 Å². The molecule has 34 heavy (non-hydrogen) atoms. The lowest BCUT2D eigenvalue weighted by atomic mass is 9.98. The van der Waals surface area contributed by atoms with Crippen LogP contribution in [0.3, 0.4) is 0 Å². The van der Waals surface area contributed by atoms with Crippen molar-refractivity contribution in [2.45, 2.75) is 32.5 Å². The molecule has 0 amide bonds. The van der Waals surface area contributed by atoms with E-state index in [1.807, 2.05) is 38.1 Å². The average Bonchev–Trinajstić information content (AvgIpc) is 3.52. The Kier molecular flexibility index (Phi) is 7.26. The van der Waals surface area contributed by atoms with E-state index in [1.165, 1.54) is 25.6 Å². The molecule has 1 aliphatic carbocycles. The zero-order valence-corrected chi connectivity index (χ0v) is 20.2. The number of hydrogen-bond acceptors (Lipinski definition) is 9. The fourth-order valence-electron chi connectivity index (χ4n) is 3.75. The molecule has 1 aliphatic rings. The van der Waals surface area contributed by atoms with Gasteiger partial charge in [-0.05, 0) is 37.6 Å². The number of ether oxygens (including phenoxy) is 3. The van der Waals surface area contributed by atoms with Crippen LogP contribution < -0.4 is 0 Å². The van der Waals surface area contributed by atoms with Gasteiger partial charge in [0.2, 0.25) is 5.78 Å². The van der Waals surface area contributed by atoms with Crippen LogP contribution in [-0.2, 0) is 14.2 Å².